The van der Waals surface area contributed by atoms with E-state index in [0.717, 1.165) is 49.7 Å². The number of hydrogen-bond donors (Lipinski definition) is 0. The van der Waals surface area contributed by atoms with Crippen LogP contribution in [0.5, 0.6) is 0 Å². The second kappa shape index (κ2) is 5.83. The monoisotopic (exact) mass is 381 g/mol. The molecule has 0 aliphatic heterocycles. The Morgan fingerprint density at radius 2 is 1.30 bits per heavy atom. The van der Waals surface area contributed by atoms with Crippen LogP contribution < -0.4 is 0 Å². The molecule has 0 radical (unpaired) electrons. The molecule has 0 spiro atoms. The average molecular weight is 381 g/mol. The summed E-state index contributed by atoms with van der Waals surface area (Å²) in [6.07, 6.45) is 0. The number of nitriles is 2. The summed E-state index contributed by atoms with van der Waals surface area (Å²) in [6.45, 7) is 0. The van der Waals surface area contributed by atoms with Crippen LogP contribution in [0, 0.1) is 22.7 Å². The van der Waals surface area contributed by atoms with E-state index in [1.165, 1.54) is 0 Å². The molecule has 0 N–H and O–H groups in total. The number of para-hydroxylation sites is 2. The van der Waals surface area contributed by atoms with Crippen molar-refractivity contribution < 1.29 is 0 Å². The van der Waals surface area contributed by atoms with Gasteiger partial charge in [-0.15, -0.1) is 0 Å². The van der Waals surface area contributed by atoms with Crippen LogP contribution in [-0.2, 0) is 5.41 Å². The lowest BCUT2D eigenvalue weighted by atomic mass is 9.81. The van der Waals surface area contributed by atoms with Crippen molar-refractivity contribution >= 4 is 21.8 Å². The van der Waals surface area contributed by atoms with Gasteiger partial charge in [-0.05, 0) is 47.0 Å². The molecule has 0 atom stereocenters. The van der Waals surface area contributed by atoms with Gasteiger partial charge >= 0.3 is 0 Å². The highest BCUT2D eigenvalue weighted by molar-refractivity contribution is 6.11. The summed E-state index contributed by atoms with van der Waals surface area (Å²) in [5.74, 6) is 0. The zero-order chi connectivity index (χ0) is 20.3. The third-order valence-electron chi connectivity index (χ3n) is 6.19. The van der Waals surface area contributed by atoms with Gasteiger partial charge < -0.3 is 4.57 Å². The number of aromatic nitrogens is 1. The normalized spacial score (nSPS) is 13.5. The lowest BCUT2D eigenvalue weighted by molar-refractivity contribution is 0.879. The van der Waals surface area contributed by atoms with Crippen molar-refractivity contribution in [2.24, 2.45) is 0 Å². The molecule has 5 aromatic rings. The predicted molar refractivity (Wildman–Crippen MR) is 118 cm³/mol. The van der Waals surface area contributed by atoms with Gasteiger partial charge in [0.25, 0.3) is 0 Å². The number of rotatable bonds is 1. The summed E-state index contributed by atoms with van der Waals surface area (Å²) in [6, 6.07) is 35.2. The maximum Gasteiger partial charge on any atom is 0.194 e. The SMILES string of the molecule is N#CC1(C#N)c2ccccc2-c2cc3c4ccccc4n(-c4ccccc4)c3cc21. The van der Waals surface area contributed by atoms with Crippen LogP contribution in [0.15, 0.2) is 91.0 Å². The van der Waals surface area contributed by atoms with Gasteiger partial charge in [0.15, 0.2) is 5.41 Å². The zero-order valence-electron chi connectivity index (χ0n) is 16.0. The Morgan fingerprint density at radius 1 is 0.600 bits per heavy atom. The van der Waals surface area contributed by atoms with E-state index in [2.05, 4.69) is 47.0 Å². The van der Waals surface area contributed by atoms with Crippen molar-refractivity contribution in [3.05, 3.63) is 102 Å². The Kier molecular flexibility index (Phi) is 3.23. The third-order valence-corrected chi connectivity index (χ3v) is 6.19. The second-order valence-electron chi connectivity index (χ2n) is 7.62. The largest absolute Gasteiger partial charge is 0.309 e. The average Bonchev–Trinajstić information content (AvgIpc) is 3.28. The standard InChI is InChI=1S/C27H15N3/c28-16-27(17-29)23-12-6-4-10-19(23)21-14-22-20-11-5-7-13-25(20)30(26(22)15-24(21)27)18-8-2-1-3-9-18/h1-15H. The van der Waals surface area contributed by atoms with Crippen molar-refractivity contribution in [3.63, 3.8) is 0 Å². The molecule has 0 saturated heterocycles. The number of hydrogen-bond acceptors (Lipinski definition) is 2. The van der Waals surface area contributed by atoms with Crippen molar-refractivity contribution in [2.45, 2.75) is 5.41 Å². The predicted octanol–water partition coefficient (Wildman–Crippen LogP) is 6.10. The molecule has 1 heterocycles. The molecule has 1 aliphatic rings. The first-order chi connectivity index (χ1) is 14.8. The van der Waals surface area contributed by atoms with Gasteiger partial charge in [0.05, 0.1) is 23.2 Å². The van der Waals surface area contributed by atoms with Crippen LogP contribution in [-0.4, -0.2) is 4.57 Å². The van der Waals surface area contributed by atoms with E-state index in [9.17, 15) is 10.5 Å². The third kappa shape index (κ3) is 1.91. The van der Waals surface area contributed by atoms with Gasteiger partial charge in [-0.25, -0.2) is 0 Å². The van der Waals surface area contributed by atoms with Crippen LogP contribution in [0.4, 0.5) is 0 Å². The van der Waals surface area contributed by atoms with Gasteiger partial charge in [-0.2, -0.15) is 10.5 Å². The van der Waals surface area contributed by atoms with Crippen LogP contribution >= 0.6 is 0 Å². The number of benzene rings is 4. The van der Waals surface area contributed by atoms with Crippen molar-refractivity contribution in [3.8, 4) is 29.0 Å². The van der Waals surface area contributed by atoms with Crippen molar-refractivity contribution in [1.82, 2.24) is 4.57 Å². The molecule has 138 valence electrons. The first kappa shape index (κ1) is 16.6. The molecule has 0 fully saturated rings. The van der Waals surface area contributed by atoms with Gasteiger partial charge in [0.1, 0.15) is 0 Å². The van der Waals surface area contributed by atoms with Gasteiger partial charge in [0, 0.05) is 22.0 Å². The van der Waals surface area contributed by atoms with Crippen LogP contribution in [0.2, 0.25) is 0 Å². The van der Waals surface area contributed by atoms with Crippen molar-refractivity contribution in [2.75, 3.05) is 0 Å². The molecule has 1 aromatic heterocycles. The Hall–Kier alpha value is -4.34. The van der Waals surface area contributed by atoms with Crippen LogP contribution in [0.3, 0.4) is 0 Å². The van der Waals surface area contributed by atoms with Crippen LogP contribution in [0.25, 0.3) is 38.6 Å². The Morgan fingerprint density at radius 3 is 2.10 bits per heavy atom. The minimum Gasteiger partial charge on any atom is -0.309 e. The van der Waals surface area contributed by atoms with E-state index in [1.807, 2.05) is 60.7 Å². The summed E-state index contributed by atoms with van der Waals surface area (Å²) < 4.78 is 2.22. The minimum atomic E-state index is -1.29. The number of nitrogens with zero attached hydrogens (tertiary/aromatic N) is 3. The molecular weight excluding hydrogens is 366 g/mol. The van der Waals surface area contributed by atoms with E-state index in [4.69, 9.17) is 0 Å². The number of fused-ring (bicyclic) bond motifs is 6. The van der Waals surface area contributed by atoms with Gasteiger partial charge in [-0.1, -0.05) is 60.7 Å². The first-order valence-electron chi connectivity index (χ1n) is 9.84. The maximum absolute atomic E-state index is 10.1. The molecule has 6 rings (SSSR count). The lowest BCUT2D eigenvalue weighted by Crippen LogP contribution is -2.20. The summed E-state index contributed by atoms with van der Waals surface area (Å²) in [4.78, 5) is 0. The summed E-state index contributed by atoms with van der Waals surface area (Å²) in [7, 11) is 0. The molecule has 4 aromatic carbocycles. The fourth-order valence-electron chi connectivity index (χ4n) is 4.86. The highest BCUT2D eigenvalue weighted by Crippen LogP contribution is 2.50. The van der Waals surface area contributed by atoms with E-state index in [-0.39, 0.29) is 0 Å². The molecule has 1 aliphatic carbocycles. The molecule has 0 amide bonds. The topological polar surface area (TPSA) is 52.5 Å². The highest BCUT2D eigenvalue weighted by Gasteiger charge is 2.44. The zero-order valence-corrected chi connectivity index (χ0v) is 16.0. The van der Waals surface area contributed by atoms with Crippen molar-refractivity contribution in [1.29, 1.82) is 10.5 Å². The van der Waals surface area contributed by atoms with E-state index in [0.29, 0.717) is 0 Å². The Bertz CT molecular complexity index is 1550. The Labute approximate surface area is 173 Å². The maximum atomic E-state index is 10.1. The summed E-state index contributed by atoms with van der Waals surface area (Å²) in [5, 5.41) is 22.5. The quantitative estimate of drug-likeness (QED) is 0.352. The molecule has 0 bridgehead atoms. The molecule has 3 nitrogen and oxygen atoms in total. The molecule has 0 unspecified atom stereocenters. The van der Waals surface area contributed by atoms with E-state index < -0.39 is 5.41 Å². The summed E-state index contributed by atoms with van der Waals surface area (Å²) in [5.41, 5.74) is 5.34. The molecule has 30 heavy (non-hydrogen) atoms. The first-order valence-corrected chi connectivity index (χ1v) is 9.84. The van der Waals surface area contributed by atoms with E-state index in [1.54, 1.807) is 0 Å². The van der Waals surface area contributed by atoms with Gasteiger partial charge in [0.2, 0.25) is 0 Å². The fourth-order valence-corrected chi connectivity index (χ4v) is 4.86. The molecular formula is C27H15N3. The molecule has 3 heteroatoms. The van der Waals surface area contributed by atoms with E-state index >= 15 is 0 Å². The van der Waals surface area contributed by atoms with Gasteiger partial charge in [-0.3, -0.25) is 0 Å². The fraction of sp³-hybridized carbons (Fsp3) is 0.0370. The molecule has 0 saturated carbocycles. The lowest BCUT2D eigenvalue weighted by Gasteiger charge is -2.15. The second-order valence-corrected chi connectivity index (χ2v) is 7.62. The highest BCUT2D eigenvalue weighted by atomic mass is 15.0. The minimum absolute atomic E-state index is 0.765. The smallest absolute Gasteiger partial charge is 0.194 e. The Balaban J connectivity index is 1.82. The summed E-state index contributed by atoms with van der Waals surface area (Å²) >= 11 is 0. The van der Waals surface area contributed by atoms with Crippen LogP contribution in [0.1, 0.15) is 11.1 Å².